The zero-order valence-electron chi connectivity index (χ0n) is 12.4. The van der Waals surface area contributed by atoms with Gasteiger partial charge in [0.1, 0.15) is 5.82 Å². The van der Waals surface area contributed by atoms with Crippen LogP contribution < -0.4 is 10.6 Å². The summed E-state index contributed by atoms with van der Waals surface area (Å²) in [5.41, 5.74) is 0. The van der Waals surface area contributed by atoms with Crippen LogP contribution in [-0.4, -0.2) is 43.9 Å². The second-order valence-electron chi connectivity index (χ2n) is 4.07. The predicted molar refractivity (Wildman–Crippen MR) is 105 cm³/mol. The summed E-state index contributed by atoms with van der Waals surface area (Å²) in [6, 6.07) is 6.63. The van der Waals surface area contributed by atoms with E-state index in [0.717, 1.165) is 41.9 Å². The van der Waals surface area contributed by atoms with E-state index >= 15 is 0 Å². The van der Waals surface area contributed by atoms with Gasteiger partial charge >= 0.3 is 0 Å². The Morgan fingerprint density at radius 1 is 1.14 bits per heavy atom. The summed E-state index contributed by atoms with van der Waals surface area (Å²) in [5, 5.41) is 6.53. The zero-order valence-corrected chi connectivity index (χ0v) is 16.4. The van der Waals surface area contributed by atoms with E-state index in [-0.39, 0.29) is 29.8 Å². The number of guanidine groups is 1. The summed E-state index contributed by atoms with van der Waals surface area (Å²) < 4.78 is 12.7. The van der Waals surface area contributed by atoms with Crippen LogP contribution in [0.25, 0.3) is 0 Å². The van der Waals surface area contributed by atoms with Crippen molar-refractivity contribution in [2.24, 2.45) is 4.99 Å². The van der Waals surface area contributed by atoms with Crippen molar-refractivity contribution >= 4 is 53.5 Å². The fourth-order valence-corrected chi connectivity index (χ4v) is 2.65. The van der Waals surface area contributed by atoms with Crippen LogP contribution in [0.1, 0.15) is 6.42 Å². The summed E-state index contributed by atoms with van der Waals surface area (Å²) in [7, 11) is 1.78. The average molecular weight is 443 g/mol. The third-order valence-corrected chi connectivity index (χ3v) is 4.23. The van der Waals surface area contributed by atoms with Crippen molar-refractivity contribution in [3.63, 3.8) is 0 Å². The molecule has 120 valence electrons. The van der Waals surface area contributed by atoms with Gasteiger partial charge < -0.3 is 10.6 Å². The molecule has 0 amide bonds. The molecule has 0 radical (unpaired) electrons. The van der Waals surface area contributed by atoms with Crippen molar-refractivity contribution in [3.05, 3.63) is 30.1 Å². The second-order valence-corrected chi connectivity index (χ2v) is 6.23. The fourth-order valence-electron chi connectivity index (χ4n) is 1.49. The lowest BCUT2D eigenvalue weighted by Gasteiger charge is -2.11. The summed E-state index contributed by atoms with van der Waals surface area (Å²) >= 11 is 3.55. The van der Waals surface area contributed by atoms with Crippen LogP contribution in [0.3, 0.4) is 0 Å². The van der Waals surface area contributed by atoms with Crippen LogP contribution in [0.15, 0.2) is 34.2 Å². The van der Waals surface area contributed by atoms with E-state index in [0.29, 0.717) is 0 Å². The smallest absolute Gasteiger partial charge is 0.191 e. The highest BCUT2D eigenvalue weighted by atomic mass is 127. The number of aliphatic imine (C=N–C) groups is 1. The third kappa shape index (κ3) is 10.2. The van der Waals surface area contributed by atoms with Crippen molar-refractivity contribution in [3.8, 4) is 0 Å². The van der Waals surface area contributed by atoms with E-state index in [2.05, 4.69) is 21.9 Å². The number of thioether (sulfide) groups is 2. The molecule has 0 aromatic heterocycles. The molecule has 0 aliphatic heterocycles. The average Bonchev–Trinajstić information content (AvgIpc) is 2.47. The van der Waals surface area contributed by atoms with Crippen LogP contribution in [-0.2, 0) is 0 Å². The Kier molecular flexibility index (Phi) is 13.4. The van der Waals surface area contributed by atoms with Crippen LogP contribution >= 0.6 is 47.5 Å². The van der Waals surface area contributed by atoms with E-state index in [9.17, 15) is 4.39 Å². The van der Waals surface area contributed by atoms with Crippen molar-refractivity contribution in [1.29, 1.82) is 0 Å². The lowest BCUT2D eigenvalue weighted by Crippen LogP contribution is -2.38. The van der Waals surface area contributed by atoms with E-state index in [1.165, 1.54) is 12.1 Å². The van der Waals surface area contributed by atoms with E-state index in [1.54, 1.807) is 18.8 Å². The van der Waals surface area contributed by atoms with Gasteiger partial charge in [0.15, 0.2) is 5.96 Å². The molecule has 2 N–H and O–H groups in total. The maximum Gasteiger partial charge on any atom is 0.191 e. The van der Waals surface area contributed by atoms with Gasteiger partial charge in [-0.05, 0) is 42.7 Å². The number of benzene rings is 1. The SMILES string of the molecule is CN=C(NCCCSc1ccc(F)cc1)NCCSC.I. The Morgan fingerprint density at radius 2 is 1.81 bits per heavy atom. The number of hydrogen-bond donors (Lipinski definition) is 2. The van der Waals surface area contributed by atoms with Crippen LogP contribution in [0.5, 0.6) is 0 Å². The molecule has 1 aromatic carbocycles. The fraction of sp³-hybridized carbons (Fsp3) is 0.500. The molecule has 0 heterocycles. The molecule has 1 aromatic rings. The molecule has 3 nitrogen and oxygen atoms in total. The summed E-state index contributed by atoms with van der Waals surface area (Å²) in [6.07, 6.45) is 3.12. The molecule has 0 atom stereocenters. The first kappa shape index (κ1) is 20.9. The molecular formula is C14H23FIN3S2. The minimum Gasteiger partial charge on any atom is -0.356 e. The van der Waals surface area contributed by atoms with Gasteiger partial charge in [0, 0.05) is 30.8 Å². The Labute approximate surface area is 152 Å². The molecule has 1 rings (SSSR count). The zero-order chi connectivity index (χ0) is 14.6. The van der Waals surface area contributed by atoms with Crippen molar-refractivity contribution in [1.82, 2.24) is 10.6 Å². The highest BCUT2D eigenvalue weighted by Gasteiger charge is 1.97. The lowest BCUT2D eigenvalue weighted by atomic mass is 10.4. The van der Waals surface area contributed by atoms with E-state index in [4.69, 9.17) is 0 Å². The molecule has 0 bridgehead atoms. The monoisotopic (exact) mass is 443 g/mol. The number of nitrogens with zero attached hydrogens (tertiary/aromatic N) is 1. The van der Waals surface area contributed by atoms with Gasteiger partial charge in [-0.1, -0.05) is 0 Å². The number of hydrogen-bond acceptors (Lipinski definition) is 3. The van der Waals surface area contributed by atoms with Gasteiger partial charge in [-0.15, -0.1) is 35.7 Å². The molecule has 21 heavy (non-hydrogen) atoms. The van der Waals surface area contributed by atoms with Crippen LogP contribution in [0, 0.1) is 5.82 Å². The molecule has 0 aliphatic rings. The topological polar surface area (TPSA) is 36.4 Å². The third-order valence-electron chi connectivity index (χ3n) is 2.52. The van der Waals surface area contributed by atoms with Gasteiger partial charge in [-0.3, -0.25) is 4.99 Å². The predicted octanol–water partition coefficient (Wildman–Crippen LogP) is 3.45. The number of halogens is 2. The molecule has 7 heteroatoms. The van der Waals surface area contributed by atoms with Gasteiger partial charge in [0.2, 0.25) is 0 Å². The Balaban J connectivity index is 0.00000400. The van der Waals surface area contributed by atoms with Gasteiger partial charge in [0.05, 0.1) is 0 Å². The molecule has 0 spiro atoms. The maximum absolute atomic E-state index is 12.7. The summed E-state index contributed by atoms with van der Waals surface area (Å²) in [4.78, 5) is 5.27. The Hall–Kier alpha value is -0.150. The largest absolute Gasteiger partial charge is 0.356 e. The van der Waals surface area contributed by atoms with E-state index in [1.807, 2.05) is 23.9 Å². The van der Waals surface area contributed by atoms with Gasteiger partial charge in [0.25, 0.3) is 0 Å². The Morgan fingerprint density at radius 3 is 2.43 bits per heavy atom. The van der Waals surface area contributed by atoms with Crippen LogP contribution in [0.4, 0.5) is 4.39 Å². The summed E-state index contributed by atoms with van der Waals surface area (Å²) in [5.74, 6) is 2.74. The molecule has 0 aliphatic carbocycles. The first-order valence-corrected chi connectivity index (χ1v) is 8.96. The quantitative estimate of drug-likeness (QED) is 0.212. The normalized spacial score (nSPS) is 10.9. The minimum absolute atomic E-state index is 0. The molecule has 0 unspecified atom stereocenters. The minimum atomic E-state index is -0.184. The van der Waals surface area contributed by atoms with Crippen molar-refractivity contribution in [2.45, 2.75) is 11.3 Å². The second kappa shape index (κ2) is 13.5. The first-order valence-electron chi connectivity index (χ1n) is 6.58. The molecule has 0 saturated heterocycles. The number of nitrogens with one attached hydrogen (secondary N) is 2. The number of rotatable bonds is 8. The lowest BCUT2D eigenvalue weighted by molar-refractivity contribution is 0.626. The molecule has 0 saturated carbocycles. The summed E-state index contributed by atoms with van der Waals surface area (Å²) in [6.45, 7) is 1.80. The van der Waals surface area contributed by atoms with E-state index < -0.39 is 0 Å². The first-order chi connectivity index (χ1) is 9.76. The van der Waals surface area contributed by atoms with Crippen molar-refractivity contribution < 1.29 is 4.39 Å². The van der Waals surface area contributed by atoms with Gasteiger partial charge in [-0.25, -0.2) is 4.39 Å². The van der Waals surface area contributed by atoms with Gasteiger partial charge in [-0.2, -0.15) is 11.8 Å². The highest BCUT2D eigenvalue weighted by molar-refractivity contribution is 14.0. The highest BCUT2D eigenvalue weighted by Crippen LogP contribution is 2.18. The standard InChI is InChI=1S/C14H22FN3S2.HI/c1-16-14(18-9-11-19-2)17-8-3-10-20-13-6-4-12(15)5-7-13;/h4-7H,3,8-11H2,1-2H3,(H2,16,17,18);1H. The van der Waals surface area contributed by atoms with Crippen molar-refractivity contribution in [2.75, 3.05) is 37.9 Å². The maximum atomic E-state index is 12.7. The molecule has 0 fully saturated rings. The van der Waals surface area contributed by atoms with Crippen LogP contribution in [0.2, 0.25) is 0 Å². The molecular weight excluding hydrogens is 420 g/mol. The Bertz CT molecular complexity index is 402.